The maximum absolute atomic E-state index is 13.1. The molecule has 0 bridgehead atoms. The molecule has 0 spiro atoms. The number of alkyl halides is 2. The molecule has 3 aromatic rings. The number of rotatable bonds is 4. The van der Waals surface area contributed by atoms with Crippen LogP contribution in [0.4, 0.5) is 8.78 Å². The normalized spacial score (nSPS) is 17.3. The molecule has 0 N–H and O–H groups in total. The summed E-state index contributed by atoms with van der Waals surface area (Å²) in [6.45, 7) is -2.88. The molecule has 140 valence electrons. The van der Waals surface area contributed by atoms with Crippen molar-refractivity contribution >= 4 is 11.9 Å². The lowest BCUT2D eigenvalue weighted by molar-refractivity contribution is -0.0498. The van der Waals surface area contributed by atoms with Crippen molar-refractivity contribution in [2.75, 3.05) is 0 Å². The van der Waals surface area contributed by atoms with Gasteiger partial charge in [-0.05, 0) is 41.5 Å². The minimum atomic E-state index is -2.88. The summed E-state index contributed by atoms with van der Waals surface area (Å²) in [6, 6.07) is 22.7. The molecular formula is C23H16F2O3. The van der Waals surface area contributed by atoms with Crippen molar-refractivity contribution in [3.8, 4) is 11.5 Å². The van der Waals surface area contributed by atoms with Crippen molar-refractivity contribution in [3.05, 3.63) is 101 Å². The van der Waals surface area contributed by atoms with Crippen LogP contribution in [0.1, 0.15) is 27.6 Å². The maximum Gasteiger partial charge on any atom is 0.387 e. The predicted molar refractivity (Wildman–Crippen MR) is 102 cm³/mol. The lowest BCUT2D eigenvalue weighted by atomic mass is 9.89. The Morgan fingerprint density at radius 2 is 1.57 bits per heavy atom. The van der Waals surface area contributed by atoms with E-state index in [0.29, 0.717) is 22.4 Å². The van der Waals surface area contributed by atoms with Gasteiger partial charge in [-0.3, -0.25) is 4.79 Å². The first-order valence-electron chi connectivity index (χ1n) is 8.73. The first-order valence-corrected chi connectivity index (χ1v) is 8.73. The fourth-order valence-electron chi connectivity index (χ4n) is 3.16. The zero-order valence-corrected chi connectivity index (χ0v) is 14.7. The number of para-hydroxylation sites is 1. The van der Waals surface area contributed by atoms with Gasteiger partial charge in [-0.2, -0.15) is 8.78 Å². The second-order valence-electron chi connectivity index (χ2n) is 6.28. The van der Waals surface area contributed by atoms with E-state index < -0.39 is 12.7 Å². The summed E-state index contributed by atoms with van der Waals surface area (Å²) >= 11 is 0. The van der Waals surface area contributed by atoms with Crippen LogP contribution in [0, 0.1) is 0 Å². The lowest BCUT2D eigenvalue weighted by Crippen LogP contribution is -2.23. The molecule has 1 atom stereocenters. The molecule has 1 aliphatic heterocycles. The molecule has 0 fully saturated rings. The molecular weight excluding hydrogens is 362 g/mol. The van der Waals surface area contributed by atoms with Crippen LogP contribution in [-0.4, -0.2) is 12.4 Å². The summed E-state index contributed by atoms with van der Waals surface area (Å²) in [5.41, 5.74) is 2.52. The van der Waals surface area contributed by atoms with Gasteiger partial charge in [0.05, 0.1) is 5.56 Å². The molecule has 0 saturated heterocycles. The number of Topliss-reactive ketones (excluding diaryl/α,β-unsaturated/α-hetero) is 1. The van der Waals surface area contributed by atoms with E-state index in [0.717, 1.165) is 5.56 Å². The number of hydrogen-bond donors (Lipinski definition) is 0. The van der Waals surface area contributed by atoms with E-state index in [1.807, 2.05) is 36.4 Å². The molecule has 0 aromatic heterocycles. The second-order valence-corrected chi connectivity index (χ2v) is 6.28. The van der Waals surface area contributed by atoms with Crippen molar-refractivity contribution in [3.63, 3.8) is 0 Å². The molecule has 1 heterocycles. The molecule has 0 amide bonds. The molecule has 3 nitrogen and oxygen atoms in total. The quantitative estimate of drug-likeness (QED) is 0.547. The standard InChI is InChI=1S/C23H16F2O3/c24-23(25)27-17-12-10-15(11-13-17)14-19-21(26)18-8-4-5-9-20(18)28-22(19)16-6-2-1-3-7-16/h1-14,22-23H/b19-14+/t22-/m1/s1. The van der Waals surface area contributed by atoms with Gasteiger partial charge in [0.2, 0.25) is 0 Å². The Bertz CT molecular complexity index is 1010. The molecule has 3 aromatic carbocycles. The molecule has 0 saturated carbocycles. The van der Waals surface area contributed by atoms with Crippen molar-refractivity contribution < 1.29 is 23.0 Å². The van der Waals surface area contributed by atoms with Gasteiger partial charge in [0, 0.05) is 5.57 Å². The van der Waals surface area contributed by atoms with Gasteiger partial charge in [-0.25, -0.2) is 0 Å². The van der Waals surface area contributed by atoms with Crippen LogP contribution in [0.2, 0.25) is 0 Å². The number of carbonyl (C=O) groups is 1. The molecule has 0 aliphatic carbocycles. The van der Waals surface area contributed by atoms with Crippen LogP contribution >= 0.6 is 0 Å². The highest BCUT2D eigenvalue weighted by molar-refractivity contribution is 6.14. The van der Waals surface area contributed by atoms with E-state index in [1.54, 1.807) is 36.4 Å². The summed E-state index contributed by atoms with van der Waals surface area (Å²) in [4.78, 5) is 13.1. The van der Waals surface area contributed by atoms with Crippen LogP contribution in [0.5, 0.6) is 11.5 Å². The molecule has 5 heteroatoms. The Hall–Kier alpha value is -3.47. The summed E-state index contributed by atoms with van der Waals surface area (Å²) in [5, 5.41) is 0. The van der Waals surface area contributed by atoms with Crippen LogP contribution in [0.3, 0.4) is 0 Å². The largest absolute Gasteiger partial charge is 0.480 e. The monoisotopic (exact) mass is 378 g/mol. The van der Waals surface area contributed by atoms with Gasteiger partial charge in [0.15, 0.2) is 11.9 Å². The van der Waals surface area contributed by atoms with Gasteiger partial charge in [-0.1, -0.05) is 54.6 Å². The van der Waals surface area contributed by atoms with Gasteiger partial charge >= 0.3 is 6.61 Å². The van der Waals surface area contributed by atoms with Crippen molar-refractivity contribution in [2.24, 2.45) is 0 Å². The van der Waals surface area contributed by atoms with E-state index in [1.165, 1.54) is 12.1 Å². The first-order chi connectivity index (χ1) is 13.6. The summed E-state index contributed by atoms with van der Waals surface area (Å²) in [5.74, 6) is 0.483. The first kappa shape index (κ1) is 17.9. The SMILES string of the molecule is O=C1/C(=C\c2ccc(OC(F)F)cc2)[C@@H](c2ccccc2)Oc2ccccc21. The average molecular weight is 378 g/mol. The maximum atomic E-state index is 13.1. The van der Waals surface area contributed by atoms with E-state index in [2.05, 4.69) is 4.74 Å². The number of fused-ring (bicyclic) bond motifs is 1. The van der Waals surface area contributed by atoms with Gasteiger partial charge < -0.3 is 9.47 Å². The minimum absolute atomic E-state index is 0.0633. The van der Waals surface area contributed by atoms with Crippen LogP contribution in [0.25, 0.3) is 6.08 Å². The Morgan fingerprint density at radius 3 is 2.29 bits per heavy atom. The van der Waals surface area contributed by atoms with Gasteiger partial charge in [0.25, 0.3) is 0 Å². The van der Waals surface area contributed by atoms with Crippen molar-refractivity contribution in [2.45, 2.75) is 12.7 Å². The number of carbonyl (C=O) groups excluding carboxylic acids is 1. The van der Waals surface area contributed by atoms with E-state index in [-0.39, 0.29) is 11.5 Å². The zero-order valence-electron chi connectivity index (χ0n) is 14.7. The lowest BCUT2D eigenvalue weighted by Gasteiger charge is -2.28. The molecule has 1 aliphatic rings. The third-order valence-electron chi connectivity index (χ3n) is 4.45. The van der Waals surface area contributed by atoms with Gasteiger partial charge in [-0.15, -0.1) is 0 Å². The summed E-state index contributed by atoms with van der Waals surface area (Å²) in [7, 11) is 0. The summed E-state index contributed by atoms with van der Waals surface area (Å²) in [6.07, 6.45) is 1.17. The Morgan fingerprint density at radius 1 is 0.893 bits per heavy atom. The average Bonchev–Trinajstić information content (AvgIpc) is 2.71. The molecule has 28 heavy (non-hydrogen) atoms. The topological polar surface area (TPSA) is 35.5 Å². The molecule has 4 rings (SSSR count). The van der Waals surface area contributed by atoms with Crippen LogP contribution < -0.4 is 9.47 Å². The highest BCUT2D eigenvalue weighted by Crippen LogP contribution is 2.39. The third-order valence-corrected chi connectivity index (χ3v) is 4.45. The highest BCUT2D eigenvalue weighted by Gasteiger charge is 2.32. The smallest absolute Gasteiger partial charge is 0.387 e. The second kappa shape index (κ2) is 7.64. The van der Waals surface area contributed by atoms with Crippen LogP contribution in [0.15, 0.2) is 84.4 Å². The van der Waals surface area contributed by atoms with Gasteiger partial charge in [0.1, 0.15) is 11.5 Å². The number of halogens is 2. The fraction of sp³-hybridized carbons (Fsp3) is 0.0870. The van der Waals surface area contributed by atoms with Crippen LogP contribution in [-0.2, 0) is 0 Å². The molecule has 0 unspecified atom stereocenters. The number of hydrogen-bond acceptors (Lipinski definition) is 3. The number of ketones is 1. The van der Waals surface area contributed by atoms with E-state index >= 15 is 0 Å². The number of benzene rings is 3. The summed E-state index contributed by atoms with van der Waals surface area (Å²) < 4.78 is 35.2. The zero-order chi connectivity index (χ0) is 19.5. The highest BCUT2D eigenvalue weighted by atomic mass is 19.3. The van der Waals surface area contributed by atoms with E-state index in [4.69, 9.17) is 4.74 Å². The Balaban J connectivity index is 1.75. The van der Waals surface area contributed by atoms with E-state index in [9.17, 15) is 13.6 Å². The Kier molecular flexibility index (Phi) is 4.89. The predicted octanol–water partition coefficient (Wildman–Crippen LogP) is 5.69. The fourth-order valence-corrected chi connectivity index (χ4v) is 3.16. The number of ether oxygens (including phenoxy) is 2. The van der Waals surface area contributed by atoms with Crippen molar-refractivity contribution in [1.29, 1.82) is 0 Å². The molecule has 0 radical (unpaired) electrons. The minimum Gasteiger partial charge on any atom is -0.480 e. The Labute approximate surface area is 160 Å². The van der Waals surface area contributed by atoms with Crippen molar-refractivity contribution in [1.82, 2.24) is 0 Å². The third kappa shape index (κ3) is 3.64.